The number of aldehydes is 2. The summed E-state index contributed by atoms with van der Waals surface area (Å²) in [4.78, 5) is 24.1. The fraction of sp³-hybridized carbons (Fsp3) is 0.0588. The van der Waals surface area contributed by atoms with Gasteiger partial charge in [0.25, 0.3) is 0 Å². The van der Waals surface area contributed by atoms with Crippen LogP contribution in [-0.4, -0.2) is 36.7 Å². The molecule has 3 aromatic heterocycles. The standard InChI is InChI=1S/C34H25N5O2/c1-2-37-31-15-13-23(33-25(21-40)19-38(35-33)27-9-5-3-6-10-27)17-29(31)30-18-24(14-16-32(30)37)34-26(22-41)20-39(36-34)28-11-7-4-8-12-28/h3-22H,2H2,1H3. The van der Waals surface area contributed by atoms with Crippen molar-refractivity contribution in [3.63, 3.8) is 0 Å². The quantitative estimate of drug-likeness (QED) is 0.203. The summed E-state index contributed by atoms with van der Waals surface area (Å²) >= 11 is 0. The average molecular weight is 536 g/mol. The Morgan fingerprint density at radius 1 is 0.610 bits per heavy atom. The van der Waals surface area contributed by atoms with Crippen molar-refractivity contribution in [3.05, 3.63) is 121 Å². The Labute approximate surface area is 235 Å². The van der Waals surface area contributed by atoms with Crippen LogP contribution < -0.4 is 0 Å². The molecular weight excluding hydrogens is 510 g/mol. The summed E-state index contributed by atoms with van der Waals surface area (Å²) in [6, 6.07) is 31.9. The molecule has 41 heavy (non-hydrogen) atoms. The Hall–Kier alpha value is -5.56. The molecule has 7 aromatic rings. The van der Waals surface area contributed by atoms with Gasteiger partial charge in [0.15, 0.2) is 12.6 Å². The van der Waals surface area contributed by atoms with Crippen LogP contribution in [0, 0.1) is 0 Å². The van der Waals surface area contributed by atoms with Crippen molar-refractivity contribution >= 4 is 34.4 Å². The lowest BCUT2D eigenvalue weighted by Gasteiger charge is -2.04. The molecule has 7 nitrogen and oxygen atoms in total. The van der Waals surface area contributed by atoms with Crippen molar-refractivity contribution in [2.24, 2.45) is 0 Å². The molecule has 0 radical (unpaired) electrons. The van der Waals surface area contributed by atoms with E-state index in [4.69, 9.17) is 10.2 Å². The van der Waals surface area contributed by atoms with Gasteiger partial charge in [0.2, 0.25) is 0 Å². The van der Waals surface area contributed by atoms with Gasteiger partial charge in [-0.1, -0.05) is 48.5 Å². The van der Waals surface area contributed by atoms with Crippen LogP contribution in [0.5, 0.6) is 0 Å². The third-order valence-electron chi connectivity index (χ3n) is 7.51. The first-order chi connectivity index (χ1) is 20.2. The summed E-state index contributed by atoms with van der Waals surface area (Å²) in [5.41, 5.74) is 7.97. The topological polar surface area (TPSA) is 74.7 Å². The summed E-state index contributed by atoms with van der Waals surface area (Å²) in [7, 11) is 0. The van der Waals surface area contributed by atoms with Crippen LogP contribution in [0.15, 0.2) is 109 Å². The van der Waals surface area contributed by atoms with Crippen LogP contribution in [0.3, 0.4) is 0 Å². The first-order valence-corrected chi connectivity index (χ1v) is 13.5. The molecule has 0 amide bonds. The molecule has 0 unspecified atom stereocenters. The van der Waals surface area contributed by atoms with Crippen LogP contribution in [0.4, 0.5) is 0 Å². The highest BCUT2D eigenvalue weighted by atomic mass is 16.1. The Morgan fingerprint density at radius 3 is 1.44 bits per heavy atom. The highest BCUT2D eigenvalue weighted by Gasteiger charge is 2.18. The molecule has 4 aromatic carbocycles. The van der Waals surface area contributed by atoms with Crippen molar-refractivity contribution in [2.75, 3.05) is 0 Å². The van der Waals surface area contributed by atoms with Gasteiger partial charge in [-0.25, -0.2) is 9.36 Å². The fourth-order valence-electron chi connectivity index (χ4n) is 5.56. The first-order valence-electron chi connectivity index (χ1n) is 13.5. The van der Waals surface area contributed by atoms with Crippen molar-refractivity contribution in [1.29, 1.82) is 0 Å². The van der Waals surface area contributed by atoms with Crippen molar-refractivity contribution in [2.45, 2.75) is 13.5 Å². The Kier molecular flexibility index (Phi) is 5.90. The largest absolute Gasteiger partial charge is 0.341 e. The van der Waals surface area contributed by atoms with E-state index in [1.807, 2.05) is 72.8 Å². The molecule has 0 spiro atoms. The molecule has 7 heteroatoms. The Balaban J connectivity index is 1.39. The van der Waals surface area contributed by atoms with Gasteiger partial charge in [0, 0.05) is 51.9 Å². The number of aromatic nitrogens is 5. The van der Waals surface area contributed by atoms with Crippen molar-refractivity contribution in [3.8, 4) is 33.9 Å². The summed E-state index contributed by atoms with van der Waals surface area (Å²) in [6.45, 7) is 2.92. The van der Waals surface area contributed by atoms with Gasteiger partial charge in [-0.15, -0.1) is 0 Å². The van der Waals surface area contributed by atoms with E-state index in [1.165, 1.54) is 0 Å². The molecule has 0 aliphatic heterocycles. The lowest BCUT2D eigenvalue weighted by atomic mass is 10.0. The average Bonchev–Trinajstić information content (AvgIpc) is 3.75. The number of carbonyl (C=O) groups is 2. The third-order valence-corrected chi connectivity index (χ3v) is 7.51. The molecular formula is C34H25N5O2. The zero-order valence-electron chi connectivity index (χ0n) is 22.3. The maximum absolute atomic E-state index is 12.0. The molecule has 0 aliphatic carbocycles. The number of para-hydroxylation sites is 2. The lowest BCUT2D eigenvalue weighted by Crippen LogP contribution is -1.94. The molecule has 3 heterocycles. The second kappa shape index (κ2) is 9.88. The van der Waals surface area contributed by atoms with Crippen LogP contribution in [0.25, 0.3) is 55.7 Å². The normalized spacial score (nSPS) is 11.3. The molecule has 0 saturated carbocycles. The van der Waals surface area contributed by atoms with E-state index in [0.29, 0.717) is 22.5 Å². The molecule has 198 valence electrons. The molecule has 7 rings (SSSR count). The van der Waals surface area contributed by atoms with Gasteiger partial charge in [0.1, 0.15) is 11.4 Å². The minimum Gasteiger partial charge on any atom is -0.341 e. The van der Waals surface area contributed by atoms with Crippen LogP contribution in [-0.2, 0) is 6.54 Å². The Bertz CT molecular complexity index is 1920. The number of nitrogens with zero attached hydrogens (tertiary/aromatic N) is 5. The number of hydrogen-bond donors (Lipinski definition) is 0. The number of benzene rings is 4. The van der Waals surface area contributed by atoms with E-state index in [0.717, 1.165) is 63.4 Å². The minimum absolute atomic E-state index is 0.523. The number of carbonyl (C=O) groups excluding carboxylic acids is 2. The minimum atomic E-state index is 0.523. The second-order valence-electron chi connectivity index (χ2n) is 9.87. The van der Waals surface area contributed by atoms with Crippen LogP contribution in [0.2, 0.25) is 0 Å². The monoisotopic (exact) mass is 535 g/mol. The summed E-state index contributed by atoms with van der Waals surface area (Å²) in [6.07, 6.45) is 5.23. The van der Waals surface area contributed by atoms with E-state index in [1.54, 1.807) is 21.8 Å². The summed E-state index contributed by atoms with van der Waals surface area (Å²) < 4.78 is 5.74. The molecule has 0 bridgehead atoms. The second-order valence-corrected chi connectivity index (χ2v) is 9.87. The van der Waals surface area contributed by atoms with Gasteiger partial charge < -0.3 is 4.57 Å². The van der Waals surface area contributed by atoms with Gasteiger partial charge in [-0.2, -0.15) is 10.2 Å². The van der Waals surface area contributed by atoms with E-state index >= 15 is 0 Å². The van der Waals surface area contributed by atoms with Crippen LogP contribution >= 0.6 is 0 Å². The zero-order chi connectivity index (χ0) is 27.9. The smallest absolute Gasteiger partial charge is 0.153 e. The van der Waals surface area contributed by atoms with E-state index in [9.17, 15) is 9.59 Å². The maximum Gasteiger partial charge on any atom is 0.153 e. The highest BCUT2D eigenvalue weighted by Crippen LogP contribution is 2.36. The summed E-state index contributed by atoms with van der Waals surface area (Å²) in [5.74, 6) is 0. The summed E-state index contributed by atoms with van der Waals surface area (Å²) in [5, 5.41) is 11.7. The highest BCUT2D eigenvalue weighted by molar-refractivity contribution is 6.11. The van der Waals surface area contributed by atoms with Gasteiger partial charge in [-0.05, 0) is 55.5 Å². The molecule has 0 fully saturated rings. The zero-order valence-corrected chi connectivity index (χ0v) is 22.3. The van der Waals surface area contributed by atoms with E-state index < -0.39 is 0 Å². The molecule has 0 atom stereocenters. The van der Waals surface area contributed by atoms with Crippen molar-refractivity contribution in [1.82, 2.24) is 24.1 Å². The van der Waals surface area contributed by atoms with Crippen molar-refractivity contribution < 1.29 is 9.59 Å². The predicted octanol–water partition coefficient (Wildman–Crippen LogP) is 7.14. The maximum atomic E-state index is 12.0. The van der Waals surface area contributed by atoms with Gasteiger partial charge in [0.05, 0.1) is 22.5 Å². The molecule has 0 aliphatic rings. The number of rotatable bonds is 7. The predicted molar refractivity (Wildman–Crippen MR) is 161 cm³/mol. The number of fused-ring (bicyclic) bond motifs is 3. The van der Waals surface area contributed by atoms with Gasteiger partial charge >= 0.3 is 0 Å². The Morgan fingerprint density at radius 2 is 1.05 bits per heavy atom. The number of hydrogen-bond acceptors (Lipinski definition) is 4. The van der Waals surface area contributed by atoms with E-state index in [-0.39, 0.29) is 0 Å². The van der Waals surface area contributed by atoms with Gasteiger partial charge in [-0.3, -0.25) is 9.59 Å². The number of aryl methyl sites for hydroxylation is 1. The fourth-order valence-corrected chi connectivity index (χ4v) is 5.56. The third kappa shape index (κ3) is 4.06. The van der Waals surface area contributed by atoms with Crippen LogP contribution in [0.1, 0.15) is 27.6 Å². The lowest BCUT2D eigenvalue weighted by molar-refractivity contribution is 0.111. The first kappa shape index (κ1) is 24.5. The SMILES string of the molecule is CCn1c2ccc(-c3nn(-c4ccccc4)cc3C=O)cc2c2cc(-c3nn(-c4ccccc4)cc3C=O)ccc21. The molecule has 0 N–H and O–H groups in total. The molecule has 0 saturated heterocycles. The van der Waals surface area contributed by atoms with E-state index in [2.05, 4.69) is 35.8 Å².